The maximum Gasteiger partial charge on any atom is 0.236 e. The fourth-order valence-corrected chi connectivity index (χ4v) is 3.85. The molecule has 0 bridgehead atoms. The van der Waals surface area contributed by atoms with E-state index in [1.807, 2.05) is 4.90 Å². The largest absolute Gasteiger partial charge is 0.369 e. The van der Waals surface area contributed by atoms with Crippen LogP contribution in [-0.4, -0.2) is 53.8 Å². The maximum absolute atomic E-state index is 12.6. The van der Waals surface area contributed by atoms with E-state index in [9.17, 15) is 9.59 Å². The van der Waals surface area contributed by atoms with E-state index in [0.29, 0.717) is 19.1 Å². The van der Waals surface area contributed by atoms with Crippen LogP contribution in [0.5, 0.6) is 0 Å². The summed E-state index contributed by atoms with van der Waals surface area (Å²) in [5.41, 5.74) is 5.65. The first-order chi connectivity index (χ1) is 10.3. The summed E-state index contributed by atoms with van der Waals surface area (Å²) in [7, 11) is 0. The van der Waals surface area contributed by atoms with E-state index in [2.05, 4.69) is 25.7 Å². The Morgan fingerprint density at radius 2 is 1.86 bits per heavy atom. The third-order valence-corrected chi connectivity index (χ3v) is 5.69. The summed E-state index contributed by atoms with van der Waals surface area (Å²) in [5.74, 6) is -0.285. The summed E-state index contributed by atoms with van der Waals surface area (Å²) < 4.78 is 0. The number of nitrogens with two attached hydrogens (primary N) is 1. The van der Waals surface area contributed by atoms with Crippen LogP contribution in [-0.2, 0) is 9.59 Å². The van der Waals surface area contributed by atoms with Gasteiger partial charge < -0.3 is 10.6 Å². The van der Waals surface area contributed by atoms with Gasteiger partial charge >= 0.3 is 0 Å². The highest BCUT2D eigenvalue weighted by atomic mass is 16.2. The Morgan fingerprint density at radius 3 is 2.50 bits per heavy atom. The number of hydrogen-bond donors (Lipinski definition) is 1. The van der Waals surface area contributed by atoms with Crippen LogP contribution >= 0.6 is 0 Å². The van der Waals surface area contributed by atoms with Gasteiger partial charge in [-0.2, -0.15) is 0 Å². The highest BCUT2D eigenvalue weighted by Gasteiger charge is 2.37. The van der Waals surface area contributed by atoms with Gasteiger partial charge in [-0.1, -0.05) is 20.8 Å². The summed E-state index contributed by atoms with van der Waals surface area (Å²) >= 11 is 0. The van der Waals surface area contributed by atoms with Crippen LogP contribution in [0.2, 0.25) is 0 Å². The Morgan fingerprint density at radius 1 is 1.18 bits per heavy atom. The molecule has 22 heavy (non-hydrogen) atoms. The summed E-state index contributed by atoms with van der Waals surface area (Å²) in [6.07, 6.45) is 5.16. The lowest BCUT2D eigenvalue weighted by molar-refractivity contribution is -0.136. The van der Waals surface area contributed by atoms with Crippen molar-refractivity contribution in [2.24, 2.45) is 17.1 Å². The molecule has 0 aliphatic carbocycles. The van der Waals surface area contributed by atoms with E-state index in [-0.39, 0.29) is 23.1 Å². The first kappa shape index (κ1) is 17.3. The molecule has 2 saturated heterocycles. The Balaban J connectivity index is 1.95. The van der Waals surface area contributed by atoms with Gasteiger partial charge in [-0.15, -0.1) is 0 Å². The highest BCUT2D eigenvalue weighted by Crippen LogP contribution is 2.35. The molecule has 0 aromatic carbocycles. The molecule has 2 atom stereocenters. The number of likely N-dealkylation sites (tertiary alicyclic amines) is 2. The normalized spacial score (nSPS) is 27.1. The van der Waals surface area contributed by atoms with Crippen molar-refractivity contribution in [2.75, 3.05) is 26.2 Å². The second-order valence-corrected chi connectivity index (χ2v) is 7.55. The van der Waals surface area contributed by atoms with Gasteiger partial charge in [0.1, 0.15) is 0 Å². The quantitative estimate of drug-likeness (QED) is 0.839. The smallest absolute Gasteiger partial charge is 0.236 e. The Labute approximate surface area is 134 Å². The second kappa shape index (κ2) is 6.99. The molecule has 2 heterocycles. The van der Waals surface area contributed by atoms with E-state index in [1.54, 1.807) is 0 Å². The zero-order valence-electron chi connectivity index (χ0n) is 14.3. The molecular formula is C17H31N3O2. The first-order valence-electron chi connectivity index (χ1n) is 8.66. The number of primary amides is 1. The number of carbonyl (C=O) groups excluding carboxylic acids is 2. The third-order valence-electron chi connectivity index (χ3n) is 5.69. The van der Waals surface area contributed by atoms with Crippen molar-refractivity contribution in [1.29, 1.82) is 0 Å². The predicted molar refractivity (Wildman–Crippen MR) is 87.2 cm³/mol. The van der Waals surface area contributed by atoms with Crippen molar-refractivity contribution in [1.82, 2.24) is 9.80 Å². The van der Waals surface area contributed by atoms with E-state index >= 15 is 0 Å². The van der Waals surface area contributed by atoms with Gasteiger partial charge in [-0.05, 0) is 44.1 Å². The highest BCUT2D eigenvalue weighted by molar-refractivity contribution is 5.81. The minimum atomic E-state index is -0.274. The molecule has 0 aromatic rings. The van der Waals surface area contributed by atoms with Crippen LogP contribution in [0.15, 0.2) is 0 Å². The number of nitrogens with zero attached hydrogens (tertiary/aromatic N) is 2. The fourth-order valence-electron chi connectivity index (χ4n) is 3.85. The van der Waals surface area contributed by atoms with Crippen molar-refractivity contribution >= 4 is 11.8 Å². The van der Waals surface area contributed by atoms with E-state index < -0.39 is 0 Å². The van der Waals surface area contributed by atoms with Gasteiger partial charge in [0.2, 0.25) is 11.8 Å². The number of piperidine rings is 1. The number of amides is 2. The lowest BCUT2D eigenvalue weighted by atomic mass is 9.80. The van der Waals surface area contributed by atoms with Gasteiger partial charge in [-0.3, -0.25) is 14.5 Å². The molecule has 0 aromatic heterocycles. The summed E-state index contributed by atoms with van der Waals surface area (Å²) in [4.78, 5) is 28.2. The van der Waals surface area contributed by atoms with Crippen molar-refractivity contribution < 1.29 is 9.59 Å². The lowest BCUT2D eigenvalue weighted by Gasteiger charge is -2.38. The molecule has 5 nitrogen and oxygen atoms in total. The molecule has 5 heteroatoms. The van der Waals surface area contributed by atoms with Crippen LogP contribution in [0.1, 0.15) is 52.9 Å². The molecule has 0 saturated carbocycles. The van der Waals surface area contributed by atoms with Crippen molar-refractivity contribution in [3.05, 3.63) is 0 Å². The molecule has 2 aliphatic rings. The molecule has 2 N–H and O–H groups in total. The van der Waals surface area contributed by atoms with E-state index in [0.717, 1.165) is 32.4 Å². The van der Waals surface area contributed by atoms with Crippen molar-refractivity contribution in [3.63, 3.8) is 0 Å². The maximum atomic E-state index is 12.6. The Bertz CT molecular complexity index is 422. The zero-order chi connectivity index (χ0) is 16.3. The van der Waals surface area contributed by atoms with Crippen LogP contribution in [0.3, 0.4) is 0 Å². The van der Waals surface area contributed by atoms with E-state index in [4.69, 9.17) is 5.73 Å². The SMILES string of the molecule is CCC(C)(C)[C@@H]1CCCN1CC(=O)N1CCC[C@@H](C(N)=O)C1. The third kappa shape index (κ3) is 3.80. The number of hydrogen-bond acceptors (Lipinski definition) is 3. The van der Waals surface area contributed by atoms with Crippen molar-refractivity contribution in [2.45, 2.75) is 58.9 Å². The van der Waals surface area contributed by atoms with Gasteiger partial charge in [-0.25, -0.2) is 0 Å². The molecule has 0 unspecified atom stereocenters. The molecular weight excluding hydrogens is 278 g/mol. The second-order valence-electron chi connectivity index (χ2n) is 7.55. The fraction of sp³-hybridized carbons (Fsp3) is 0.882. The molecule has 0 spiro atoms. The monoisotopic (exact) mass is 309 g/mol. The van der Waals surface area contributed by atoms with Gasteiger partial charge in [0, 0.05) is 19.1 Å². The summed E-state index contributed by atoms with van der Waals surface area (Å²) in [6, 6.07) is 0.484. The van der Waals surface area contributed by atoms with Crippen LogP contribution in [0, 0.1) is 11.3 Å². The van der Waals surface area contributed by atoms with Crippen LogP contribution < -0.4 is 5.73 Å². The van der Waals surface area contributed by atoms with Gasteiger partial charge in [0.05, 0.1) is 12.5 Å². The van der Waals surface area contributed by atoms with Crippen LogP contribution in [0.25, 0.3) is 0 Å². The lowest BCUT2D eigenvalue weighted by Crippen LogP contribution is -2.50. The minimum Gasteiger partial charge on any atom is -0.369 e. The Kier molecular flexibility index (Phi) is 5.48. The summed E-state index contributed by atoms with van der Waals surface area (Å²) in [5, 5.41) is 0. The van der Waals surface area contributed by atoms with Gasteiger partial charge in [0.25, 0.3) is 0 Å². The standard InChI is InChI=1S/C17H31N3O2/c1-4-17(2,3)14-8-6-9-19(14)12-15(21)20-10-5-7-13(11-20)16(18)22/h13-14H,4-12H2,1-3H3,(H2,18,22)/t13-,14+/m1/s1. The molecule has 0 radical (unpaired) electrons. The van der Waals surface area contributed by atoms with Crippen LogP contribution in [0.4, 0.5) is 0 Å². The first-order valence-corrected chi connectivity index (χ1v) is 8.66. The molecule has 2 amide bonds. The molecule has 2 aliphatic heterocycles. The molecule has 126 valence electrons. The van der Waals surface area contributed by atoms with Gasteiger partial charge in [0.15, 0.2) is 0 Å². The Hall–Kier alpha value is -1.10. The summed E-state index contributed by atoms with van der Waals surface area (Å²) in [6.45, 7) is 9.57. The van der Waals surface area contributed by atoms with E-state index in [1.165, 1.54) is 12.8 Å². The zero-order valence-corrected chi connectivity index (χ0v) is 14.3. The number of carbonyl (C=O) groups is 2. The predicted octanol–water partition coefficient (Wildman–Crippen LogP) is 1.61. The van der Waals surface area contributed by atoms with Crippen molar-refractivity contribution in [3.8, 4) is 0 Å². The average molecular weight is 309 g/mol. The minimum absolute atomic E-state index is 0.157. The average Bonchev–Trinajstić information content (AvgIpc) is 2.96. The topological polar surface area (TPSA) is 66.6 Å². The number of rotatable bonds is 5. The molecule has 2 fully saturated rings. The molecule has 2 rings (SSSR count).